The Kier molecular flexibility index (Phi) is 4.69. The van der Waals surface area contributed by atoms with Gasteiger partial charge in [0.1, 0.15) is 12.4 Å². The quantitative estimate of drug-likeness (QED) is 0.699. The Balaban J connectivity index is 1.77. The Morgan fingerprint density at radius 2 is 1.86 bits per heavy atom. The van der Waals surface area contributed by atoms with Crippen molar-refractivity contribution in [1.82, 2.24) is 24.1 Å². The van der Waals surface area contributed by atoms with E-state index in [-0.39, 0.29) is 24.1 Å². The smallest absolute Gasteiger partial charge is 0.341 e. The lowest BCUT2D eigenvalue weighted by Gasteiger charge is -2.34. The van der Waals surface area contributed by atoms with Crippen LogP contribution < -0.4 is 5.69 Å². The highest BCUT2D eigenvalue weighted by atomic mass is 16.2. The number of aromatic nitrogens is 4. The summed E-state index contributed by atoms with van der Waals surface area (Å²) in [4.78, 5) is 32.5. The summed E-state index contributed by atoms with van der Waals surface area (Å²) >= 11 is 0. The van der Waals surface area contributed by atoms with Crippen LogP contribution in [0.5, 0.6) is 0 Å². The van der Waals surface area contributed by atoms with Crippen molar-refractivity contribution >= 4 is 22.5 Å². The van der Waals surface area contributed by atoms with Crippen LogP contribution in [0.3, 0.4) is 0 Å². The number of nitrogens with zero attached hydrogens (tertiary/aromatic N) is 5. The van der Waals surface area contributed by atoms with Crippen molar-refractivity contribution in [2.45, 2.75) is 46.6 Å². The molecule has 2 aromatic heterocycles. The Morgan fingerprint density at radius 3 is 2.54 bits per heavy atom. The fourth-order valence-electron chi connectivity index (χ4n) is 4.31. The van der Waals surface area contributed by atoms with Gasteiger partial charge in [0, 0.05) is 24.4 Å². The van der Waals surface area contributed by atoms with Crippen molar-refractivity contribution in [2.24, 2.45) is 11.8 Å². The molecule has 0 radical (unpaired) electrons. The summed E-state index contributed by atoms with van der Waals surface area (Å²) in [6, 6.07) is 7.66. The minimum atomic E-state index is -0.302. The minimum Gasteiger partial charge on any atom is -0.341 e. The lowest BCUT2D eigenvalue weighted by Crippen LogP contribution is -2.45. The SMILES string of the molecule is CC1CC(C)CN(C(=O)Cn2nc3c4ccccc4nc(C(C)C)n3c2=O)C1. The summed E-state index contributed by atoms with van der Waals surface area (Å²) in [5, 5.41) is 5.35. The fraction of sp³-hybridized carbons (Fsp3) is 0.524. The molecule has 0 bridgehead atoms. The number of carbonyl (C=O) groups excluding carboxylic acids is 1. The number of hydrogen-bond donors (Lipinski definition) is 0. The first-order chi connectivity index (χ1) is 13.3. The average Bonchev–Trinajstić information content (AvgIpc) is 2.97. The van der Waals surface area contributed by atoms with Gasteiger partial charge in [-0.15, -0.1) is 5.10 Å². The standard InChI is InChI=1S/C21H27N5O2/c1-13(2)19-22-17-8-6-5-7-16(17)20-23-25(21(28)26(19)20)12-18(27)24-10-14(3)9-15(4)11-24/h5-8,13-15H,9-12H2,1-4H3. The zero-order valence-electron chi connectivity index (χ0n) is 16.9. The number of piperidine rings is 1. The number of amides is 1. The van der Waals surface area contributed by atoms with E-state index in [1.54, 1.807) is 4.40 Å². The van der Waals surface area contributed by atoms with Gasteiger partial charge in [-0.3, -0.25) is 4.79 Å². The maximum absolute atomic E-state index is 13.1. The molecule has 3 heterocycles. The second-order valence-corrected chi connectivity index (χ2v) is 8.49. The lowest BCUT2D eigenvalue weighted by atomic mass is 9.92. The van der Waals surface area contributed by atoms with Crippen LogP contribution in [0.2, 0.25) is 0 Å². The van der Waals surface area contributed by atoms with Gasteiger partial charge in [-0.2, -0.15) is 0 Å². The molecule has 2 unspecified atom stereocenters. The molecule has 1 amide bonds. The molecule has 3 aromatic rings. The van der Waals surface area contributed by atoms with Crippen LogP contribution in [-0.2, 0) is 11.3 Å². The van der Waals surface area contributed by atoms with E-state index < -0.39 is 0 Å². The molecule has 0 aliphatic carbocycles. The van der Waals surface area contributed by atoms with Crippen LogP contribution in [0.4, 0.5) is 0 Å². The van der Waals surface area contributed by atoms with E-state index >= 15 is 0 Å². The van der Waals surface area contributed by atoms with Crippen molar-refractivity contribution in [3.05, 3.63) is 40.6 Å². The molecule has 148 valence electrons. The summed E-state index contributed by atoms with van der Waals surface area (Å²) in [6.07, 6.45) is 1.13. The molecule has 2 atom stereocenters. The van der Waals surface area contributed by atoms with Crippen molar-refractivity contribution in [3.8, 4) is 0 Å². The van der Waals surface area contributed by atoms with Gasteiger partial charge in [0.25, 0.3) is 0 Å². The first-order valence-corrected chi connectivity index (χ1v) is 10.0. The van der Waals surface area contributed by atoms with Gasteiger partial charge in [-0.25, -0.2) is 18.9 Å². The molecule has 0 saturated carbocycles. The number of carbonyl (C=O) groups is 1. The highest BCUT2D eigenvalue weighted by Gasteiger charge is 2.27. The van der Waals surface area contributed by atoms with E-state index in [4.69, 9.17) is 0 Å². The number of hydrogen-bond acceptors (Lipinski definition) is 4. The predicted octanol–water partition coefficient (Wildman–Crippen LogP) is 2.67. The molecule has 1 fully saturated rings. The van der Waals surface area contributed by atoms with Gasteiger partial charge in [-0.05, 0) is 30.4 Å². The fourth-order valence-corrected chi connectivity index (χ4v) is 4.31. The Bertz CT molecular complexity index is 1090. The molecule has 0 spiro atoms. The minimum absolute atomic E-state index is 0.0359. The first kappa shape index (κ1) is 18.7. The molecule has 1 aliphatic heterocycles. The van der Waals surface area contributed by atoms with Gasteiger partial charge in [0.15, 0.2) is 5.65 Å². The van der Waals surface area contributed by atoms with Crippen molar-refractivity contribution in [3.63, 3.8) is 0 Å². The second kappa shape index (κ2) is 7.04. The summed E-state index contributed by atoms with van der Waals surface area (Å²) < 4.78 is 2.85. The van der Waals surface area contributed by atoms with Gasteiger partial charge >= 0.3 is 5.69 Å². The maximum Gasteiger partial charge on any atom is 0.352 e. The van der Waals surface area contributed by atoms with Crippen molar-refractivity contribution < 1.29 is 4.79 Å². The van der Waals surface area contributed by atoms with E-state index in [1.807, 2.05) is 43.0 Å². The molecule has 7 nitrogen and oxygen atoms in total. The highest BCUT2D eigenvalue weighted by molar-refractivity contribution is 5.91. The normalized spacial score (nSPS) is 20.4. The van der Waals surface area contributed by atoms with Crippen LogP contribution >= 0.6 is 0 Å². The molecule has 28 heavy (non-hydrogen) atoms. The zero-order chi connectivity index (χ0) is 20.0. The Hall–Kier alpha value is -2.70. The van der Waals surface area contributed by atoms with Crippen LogP contribution in [0.15, 0.2) is 29.1 Å². The Morgan fingerprint density at radius 1 is 1.18 bits per heavy atom. The largest absolute Gasteiger partial charge is 0.352 e. The molecule has 7 heteroatoms. The van der Waals surface area contributed by atoms with Gasteiger partial charge in [0.05, 0.1) is 5.52 Å². The molecule has 4 rings (SSSR count). The van der Waals surface area contributed by atoms with E-state index in [1.165, 1.54) is 4.68 Å². The van der Waals surface area contributed by atoms with Crippen molar-refractivity contribution in [1.29, 1.82) is 0 Å². The zero-order valence-corrected chi connectivity index (χ0v) is 16.9. The lowest BCUT2D eigenvalue weighted by molar-refractivity contribution is -0.134. The second-order valence-electron chi connectivity index (χ2n) is 8.49. The number of likely N-dealkylation sites (tertiary alicyclic amines) is 1. The molecular formula is C21H27N5O2. The van der Waals surface area contributed by atoms with E-state index in [0.29, 0.717) is 23.3 Å². The van der Waals surface area contributed by atoms with E-state index in [9.17, 15) is 9.59 Å². The Labute approximate surface area is 164 Å². The highest BCUT2D eigenvalue weighted by Crippen LogP contribution is 2.22. The molecule has 1 aliphatic rings. The van der Waals surface area contributed by atoms with Gasteiger partial charge < -0.3 is 4.90 Å². The summed E-state index contributed by atoms with van der Waals surface area (Å²) in [5.41, 5.74) is 1.07. The average molecular weight is 381 g/mol. The summed E-state index contributed by atoms with van der Waals surface area (Å²) in [5.74, 6) is 1.63. The van der Waals surface area contributed by atoms with Gasteiger partial charge in [-0.1, -0.05) is 39.8 Å². The van der Waals surface area contributed by atoms with E-state index in [2.05, 4.69) is 23.9 Å². The topological polar surface area (TPSA) is 72.5 Å². The predicted molar refractivity (Wildman–Crippen MR) is 108 cm³/mol. The summed E-state index contributed by atoms with van der Waals surface area (Å²) in [7, 11) is 0. The van der Waals surface area contributed by atoms with Crippen molar-refractivity contribution in [2.75, 3.05) is 13.1 Å². The first-order valence-electron chi connectivity index (χ1n) is 10.0. The molecular weight excluding hydrogens is 354 g/mol. The van der Waals surface area contributed by atoms with Gasteiger partial charge in [0.2, 0.25) is 5.91 Å². The summed E-state index contributed by atoms with van der Waals surface area (Å²) in [6.45, 7) is 9.79. The monoisotopic (exact) mass is 381 g/mol. The van der Waals surface area contributed by atoms with E-state index in [0.717, 1.165) is 30.4 Å². The van der Waals surface area contributed by atoms with Crippen LogP contribution in [0, 0.1) is 11.8 Å². The number of benzene rings is 1. The van der Waals surface area contributed by atoms with Crippen LogP contribution in [0.25, 0.3) is 16.6 Å². The third-order valence-corrected chi connectivity index (χ3v) is 5.47. The van der Waals surface area contributed by atoms with Crippen LogP contribution in [-0.4, -0.2) is 43.1 Å². The molecule has 1 aromatic carbocycles. The third kappa shape index (κ3) is 3.19. The molecule has 1 saturated heterocycles. The number of rotatable bonds is 3. The molecule has 0 N–H and O–H groups in total. The number of fused-ring (bicyclic) bond motifs is 3. The maximum atomic E-state index is 13.1. The van der Waals surface area contributed by atoms with Crippen LogP contribution in [0.1, 0.15) is 45.9 Å². The number of para-hydroxylation sites is 1. The third-order valence-electron chi connectivity index (χ3n) is 5.47.